The van der Waals surface area contributed by atoms with Gasteiger partial charge < -0.3 is 4.74 Å². The van der Waals surface area contributed by atoms with Gasteiger partial charge in [-0.25, -0.2) is 9.67 Å². The molecule has 0 fully saturated rings. The van der Waals surface area contributed by atoms with Crippen LogP contribution in [0.3, 0.4) is 0 Å². The molecule has 0 radical (unpaired) electrons. The lowest BCUT2D eigenvalue weighted by molar-refractivity contribution is 0.232. The SMILES string of the molecule is CC(C)Oc1ccc(CSc2cnn(C(C)(C)C)c(=O)c2Cl)cn1. The van der Waals surface area contributed by atoms with Crippen molar-refractivity contribution in [3.63, 3.8) is 0 Å². The Kier molecular flexibility index (Phi) is 5.93. The lowest BCUT2D eigenvalue weighted by Crippen LogP contribution is -2.36. The zero-order valence-electron chi connectivity index (χ0n) is 14.5. The van der Waals surface area contributed by atoms with Gasteiger partial charge in [0.2, 0.25) is 5.88 Å². The van der Waals surface area contributed by atoms with Gasteiger partial charge in [-0.3, -0.25) is 4.79 Å². The van der Waals surface area contributed by atoms with Gasteiger partial charge in [-0.15, -0.1) is 11.8 Å². The summed E-state index contributed by atoms with van der Waals surface area (Å²) in [5, 5.41) is 4.44. The van der Waals surface area contributed by atoms with Crippen LogP contribution in [0.15, 0.2) is 34.2 Å². The predicted molar refractivity (Wildman–Crippen MR) is 98.1 cm³/mol. The fourth-order valence-electron chi connectivity index (χ4n) is 1.96. The van der Waals surface area contributed by atoms with Crippen molar-refractivity contribution in [1.82, 2.24) is 14.8 Å². The lowest BCUT2D eigenvalue weighted by Gasteiger charge is -2.21. The average molecular weight is 368 g/mol. The molecule has 2 heterocycles. The zero-order valence-corrected chi connectivity index (χ0v) is 16.1. The molecule has 24 heavy (non-hydrogen) atoms. The Bertz CT molecular complexity index is 752. The quantitative estimate of drug-likeness (QED) is 0.744. The first-order chi connectivity index (χ1) is 11.2. The number of pyridine rings is 1. The summed E-state index contributed by atoms with van der Waals surface area (Å²) in [6.45, 7) is 9.66. The van der Waals surface area contributed by atoms with Gasteiger partial charge in [0.25, 0.3) is 5.56 Å². The number of rotatable bonds is 5. The van der Waals surface area contributed by atoms with Crippen LogP contribution in [0.2, 0.25) is 5.02 Å². The molecule has 0 aliphatic rings. The van der Waals surface area contributed by atoms with Gasteiger partial charge in [0.1, 0.15) is 5.02 Å². The maximum Gasteiger partial charge on any atom is 0.287 e. The van der Waals surface area contributed by atoms with E-state index in [1.807, 2.05) is 46.8 Å². The number of hydrogen-bond acceptors (Lipinski definition) is 5. The van der Waals surface area contributed by atoms with Crippen LogP contribution >= 0.6 is 23.4 Å². The highest BCUT2D eigenvalue weighted by atomic mass is 35.5. The molecular weight excluding hydrogens is 346 g/mol. The van der Waals surface area contributed by atoms with E-state index in [9.17, 15) is 4.79 Å². The summed E-state index contributed by atoms with van der Waals surface area (Å²) >= 11 is 7.69. The monoisotopic (exact) mass is 367 g/mol. The molecule has 0 aliphatic carbocycles. The summed E-state index contributed by atoms with van der Waals surface area (Å²) in [4.78, 5) is 17.3. The first kappa shape index (κ1) is 18.8. The van der Waals surface area contributed by atoms with Gasteiger partial charge >= 0.3 is 0 Å². The molecular formula is C17H22ClN3O2S. The smallest absolute Gasteiger partial charge is 0.287 e. The molecule has 0 bridgehead atoms. The zero-order chi connectivity index (χ0) is 17.9. The molecule has 0 aliphatic heterocycles. The molecule has 0 saturated carbocycles. The Morgan fingerprint density at radius 1 is 1.29 bits per heavy atom. The minimum absolute atomic E-state index is 0.0944. The van der Waals surface area contributed by atoms with Crippen LogP contribution in [0.4, 0.5) is 0 Å². The fraction of sp³-hybridized carbons (Fsp3) is 0.471. The van der Waals surface area contributed by atoms with Crippen LogP contribution in [0, 0.1) is 0 Å². The van der Waals surface area contributed by atoms with Crippen LogP contribution < -0.4 is 10.3 Å². The first-order valence-electron chi connectivity index (χ1n) is 7.71. The molecule has 0 spiro atoms. The normalized spacial score (nSPS) is 11.8. The lowest BCUT2D eigenvalue weighted by atomic mass is 10.1. The Labute approximate surface area is 151 Å². The molecule has 0 unspecified atom stereocenters. The van der Waals surface area contributed by atoms with Crippen molar-refractivity contribution < 1.29 is 4.74 Å². The third kappa shape index (κ3) is 4.74. The molecule has 0 atom stereocenters. The maximum absolute atomic E-state index is 12.3. The van der Waals surface area contributed by atoms with Crippen molar-refractivity contribution in [3.8, 4) is 5.88 Å². The topological polar surface area (TPSA) is 57.0 Å². The molecule has 2 aromatic rings. The second-order valence-corrected chi connectivity index (χ2v) is 8.07. The van der Waals surface area contributed by atoms with E-state index in [4.69, 9.17) is 16.3 Å². The second-order valence-electron chi connectivity index (χ2n) is 6.67. The van der Waals surface area contributed by atoms with Gasteiger partial charge in [-0.05, 0) is 40.2 Å². The number of hydrogen-bond donors (Lipinski definition) is 0. The number of halogens is 1. The molecule has 5 nitrogen and oxygen atoms in total. The highest BCUT2D eigenvalue weighted by molar-refractivity contribution is 7.98. The van der Waals surface area contributed by atoms with Crippen molar-refractivity contribution in [2.24, 2.45) is 0 Å². The molecule has 2 rings (SSSR count). The Morgan fingerprint density at radius 2 is 2.00 bits per heavy atom. The van der Waals surface area contributed by atoms with Crippen LogP contribution in [-0.4, -0.2) is 20.9 Å². The average Bonchev–Trinajstić information content (AvgIpc) is 2.48. The summed E-state index contributed by atoms with van der Waals surface area (Å²) in [5.41, 5.74) is 0.347. The van der Waals surface area contributed by atoms with E-state index in [-0.39, 0.29) is 16.7 Å². The molecule has 7 heteroatoms. The third-order valence-electron chi connectivity index (χ3n) is 3.07. The number of nitrogens with zero attached hydrogens (tertiary/aromatic N) is 3. The number of thioether (sulfide) groups is 1. The van der Waals surface area contributed by atoms with E-state index in [1.165, 1.54) is 16.4 Å². The molecule has 0 amide bonds. The summed E-state index contributed by atoms with van der Waals surface area (Å²) in [5.74, 6) is 1.25. The molecule has 0 saturated heterocycles. The van der Waals surface area contributed by atoms with Gasteiger partial charge in [-0.1, -0.05) is 17.7 Å². The number of ether oxygens (including phenoxy) is 1. The van der Waals surface area contributed by atoms with Crippen LogP contribution in [-0.2, 0) is 11.3 Å². The Morgan fingerprint density at radius 3 is 2.54 bits per heavy atom. The van der Waals surface area contributed by atoms with E-state index in [1.54, 1.807) is 12.4 Å². The summed E-state index contributed by atoms with van der Waals surface area (Å²) in [6, 6.07) is 3.79. The number of aromatic nitrogens is 3. The van der Waals surface area contributed by atoms with E-state index in [0.717, 1.165) is 5.56 Å². The van der Waals surface area contributed by atoms with Crippen molar-refractivity contribution in [2.75, 3.05) is 0 Å². The first-order valence-corrected chi connectivity index (χ1v) is 9.07. The van der Waals surface area contributed by atoms with Gasteiger partial charge in [0.15, 0.2) is 0 Å². The van der Waals surface area contributed by atoms with E-state index in [0.29, 0.717) is 16.5 Å². The predicted octanol–water partition coefficient (Wildman–Crippen LogP) is 4.13. The van der Waals surface area contributed by atoms with E-state index < -0.39 is 5.54 Å². The summed E-state index contributed by atoms with van der Waals surface area (Å²) in [7, 11) is 0. The maximum atomic E-state index is 12.3. The van der Waals surface area contributed by atoms with Crippen LogP contribution in [0.1, 0.15) is 40.2 Å². The molecule has 130 valence electrons. The summed E-state index contributed by atoms with van der Waals surface area (Å²) in [6.07, 6.45) is 3.50. The Balaban J connectivity index is 2.10. The minimum atomic E-state index is -0.403. The largest absolute Gasteiger partial charge is 0.475 e. The summed E-state index contributed by atoms with van der Waals surface area (Å²) < 4.78 is 6.92. The molecule has 0 N–H and O–H groups in total. The van der Waals surface area contributed by atoms with Crippen LogP contribution in [0.25, 0.3) is 0 Å². The van der Waals surface area contributed by atoms with Gasteiger partial charge in [0, 0.05) is 18.0 Å². The highest BCUT2D eigenvalue weighted by Crippen LogP contribution is 2.27. The standard InChI is InChI=1S/C17H22ClN3O2S/c1-11(2)23-14-7-6-12(8-19-14)10-24-13-9-20-21(17(3,4)5)16(22)15(13)18/h6-9,11H,10H2,1-5H3. The van der Waals surface area contributed by atoms with E-state index in [2.05, 4.69) is 10.1 Å². The van der Waals surface area contributed by atoms with Crippen molar-refractivity contribution in [2.45, 2.75) is 56.9 Å². The van der Waals surface area contributed by atoms with Gasteiger partial charge in [0.05, 0.1) is 22.7 Å². The second kappa shape index (κ2) is 7.57. The van der Waals surface area contributed by atoms with Gasteiger partial charge in [-0.2, -0.15) is 5.10 Å². The van der Waals surface area contributed by atoms with Crippen molar-refractivity contribution in [1.29, 1.82) is 0 Å². The van der Waals surface area contributed by atoms with E-state index >= 15 is 0 Å². The van der Waals surface area contributed by atoms with Crippen molar-refractivity contribution >= 4 is 23.4 Å². The fourth-order valence-corrected chi connectivity index (χ4v) is 3.09. The minimum Gasteiger partial charge on any atom is -0.475 e. The van der Waals surface area contributed by atoms with Crippen LogP contribution in [0.5, 0.6) is 5.88 Å². The molecule has 2 aromatic heterocycles. The van der Waals surface area contributed by atoms with Crippen molar-refractivity contribution in [3.05, 3.63) is 45.5 Å². The Hall–Kier alpha value is -1.53. The third-order valence-corrected chi connectivity index (χ3v) is 4.65. The molecule has 0 aromatic carbocycles. The highest BCUT2D eigenvalue weighted by Gasteiger charge is 2.19.